The molecule has 0 fully saturated rings. The summed E-state index contributed by atoms with van der Waals surface area (Å²) in [6.45, 7) is 0. The van der Waals surface area contributed by atoms with Gasteiger partial charge in [-0.1, -0.05) is 23.9 Å². The van der Waals surface area contributed by atoms with Crippen molar-refractivity contribution in [1.29, 1.82) is 0 Å². The number of fused-ring (bicyclic) bond motifs is 1. The number of phenols is 1. The normalized spacial score (nSPS) is 15.7. The quantitative estimate of drug-likeness (QED) is 0.424. The molecule has 6 heteroatoms. The topological polar surface area (TPSA) is 49.3 Å². The number of rotatable bonds is 1. The summed E-state index contributed by atoms with van der Waals surface area (Å²) in [5.74, 6) is 0.182. The maximum Gasteiger partial charge on any atom is 0.262 e. The lowest BCUT2D eigenvalue weighted by molar-refractivity contribution is -0.112. The van der Waals surface area contributed by atoms with E-state index < -0.39 is 0 Å². The summed E-state index contributed by atoms with van der Waals surface area (Å²) in [6.07, 6.45) is 1.85. The molecular weight excluding hydrogens is 512 g/mol. The predicted molar refractivity (Wildman–Crippen MR) is 102 cm³/mol. The second kappa shape index (κ2) is 6.17. The van der Waals surface area contributed by atoms with Gasteiger partial charge in [0, 0.05) is 4.90 Å². The average Bonchev–Trinajstić information content (AvgIpc) is 2.45. The monoisotopic (exact) mass is 521 g/mol. The number of para-hydroxylation sites is 1. The maximum absolute atomic E-state index is 12.1. The molecule has 0 atom stereocenters. The van der Waals surface area contributed by atoms with E-state index in [-0.39, 0.29) is 11.7 Å². The Morgan fingerprint density at radius 2 is 1.81 bits per heavy atom. The number of hydrogen-bond acceptors (Lipinski definition) is 3. The Labute approximate surface area is 153 Å². The molecule has 0 saturated heterocycles. The number of hydrogen-bond donors (Lipinski definition) is 2. The Kier molecular flexibility index (Phi) is 4.46. The number of benzene rings is 2. The van der Waals surface area contributed by atoms with Gasteiger partial charge in [-0.2, -0.15) is 0 Å². The van der Waals surface area contributed by atoms with Crippen molar-refractivity contribution in [2.45, 2.75) is 4.90 Å². The van der Waals surface area contributed by atoms with E-state index >= 15 is 0 Å². The van der Waals surface area contributed by atoms with Crippen LogP contribution in [0.4, 0.5) is 5.69 Å². The van der Waals surface area contributed by atoms with Crippen molar-refractivity contribution in [3.8, 4) is 5.75 Å². The molecule has 0 saturated carbocycles. The fourth-order valence-corrected chi connectivity index (χ4v) is 4.69. The molecule has 1 aliphatic heterocycles. The van der Waals surface area contributed by atoms with Gasteiger partial charge < -0.3 is 10.4 Å². The summed E-state index contributed by atoms with van der Waals surface area (Å²) in [6, 6.07) is 11.5. The fourth-order valence-electron chi connectivity index (χ4n) is 1.92. The molecule has 2 N–H and O–H groups in total. The molecule has 1 heterocycles. The second-order valence-corrected chi connectivity index (χ2v) is 7.80. The van der Waals surface area contributed by atoms with Crippen LogP contribution in [0.3, 0.4) is 0 Å². The lowest BCUT2D eigenvalue weighted by atomic mass is 10.2. The van der Waals surface area contributed by atoms with Crippen LogP contribution in [0.1, 0.15) is 5.56 Å². The molecule has 0 bridgehead atoms. The van der Waals surface area contributed by atoms with Gasteiger partial charge in [-0.25, -0.2) is 0 Å². The van der Waals surface area contributed by atoms with E-state index in [2.05, 4.69) is 50.5 Å². The number of aromatic hydroxyl groups is 1. The van der Waals surface area contributed by atoms with E-state index in [9.17, 15) is 9.90 Å². The first kappa shape index (κ1) is 15.2. The number of thioether (sulfide) groups is 1. The van der Waals surface area contributed by atoms with E-state index in [1.807, 2.05) is 42.5 Å². The predicted octanol–water partition coefficient (Wildman–Crippen LogP) is 4.69. The van der Waals surface area contributed by atoms with Gasteiger partial charge in [0.05, 0.1) is 17.7 Å². The molecule has 2 aromatic rings. The summed E-state index contributed by atoms with van der Waals surface area (Å²) in [5, 5.41) is 12.7. The number of carbonyl (C=O) groups excluding carboxylic acids is 1. The molecule has 0 radical (unpaired) electrons. The molecule has 0 aromatic heterocycles. The standard InChI is InChI=1S/C15H9I2NO2S/c16-9-5-8(6-10(17)14(9)19)7-13-15(20)18-11-3-1-2-4-12(11)21-13/h1-7,19H,(H,18,20)/b13-7-. The smallest absolute Gasteiger partial charge is 0.262 e. The lowest BCUT2D eigenvalue weighted by Crippen LogP contribution is -2.17. The first-order chi connectivity index (χ1) is 10.0. The van der Waals surface area contributed by atoms with Gasteiger partial charge in [-0.05, 0) is 81.1 Å². The van der Waals surface area contributed by atoms with Crippen LogP contribution in [-0.4, -0.2) is 11.0 Å². The number of phenolic OH excluding ortho intramolecular Hbond substituents is 1. The van der Waals surface area contributed by atoms with Crippen LogP contribution in [-0.2, 0) is 4.79 Å². The second-order valence-electron chi connectivity index (χ2n) is 4.39. The van der Waals surface area contributed by atoms with Gasteiger partial charge in [-0.3, -0.25) is 4.79 Å². The molecule has 1 amide bonds. The zero-order chi connectivity index (χ0) is 15.0. The van der Waals surface area contributed by atoms with Crippen LogP contribution >= 0.6 is 56.9 Å². The van der Waals surface area contributed by atoms with E-state index in [1.54, 1.807) is 0 Å². The molecule has 0 unspecified atom stereocenters. The highest BCUT2D eigenvalue weighted by Gasteiger charge is 2.20. The number of nitrogens with one attached hydrogen (secondary N) is 1. The van der Waals surface area contributed by atoms with Crippen molar-refractivity contribution in [2.24, 2.45) is 0 Å². The van der Waals surface area contributed by atoms with Gasteiger partial charge in [0.1, 0.15) is 5.75 Å². The highest BCUT2D eigenvalue weighted by Crippen LogP contribution is 2.39. The van der Waals surface area contributed by atoms with E-state index in [4.69, 9.17) is 0 Å². The highest BCUT2D eigenvalue weighted by atomic mass is 127. The Morgan fingerprint density at radius 1 is 1.14 bits per heavy atom. The minimum absolute atomic E-state index is 0.100. The van der Waals surface area contributed by atoms with E-state index in [0.717, 1.165) is 23.3 Å². The lowest BCUT2D eigenvalue weighted by Gasteiger charge is -2.18. The summed E-state index contributed by atoms with van der Waals surface area (Å²) in [4.78, 5) is 13.8. The van der Waals surface area contributed by atoms with Crippen molar-refractivity contribution in [3.63, 3.8) is 0 Å². The molecule has 1 aliphatic rings. The van der Waals surface area contributed by atoms with Crippen molar-refractivity contribution in [1.82, 2.24) is 0 Å². The van der Waals surface area contributed by atoms with Crippen molar-refractivity contribution in [2.75, 3.05) is 5.32 Å². The summed E-state index contributed by atoms with van der Waals surface area (Å²) in [7, 11) is 0. The molecule has 0 spiro atoms. The molecule has 0 aliphatic carbocycles. The first-order valence-corrected chi connectivity index (χ1v) is 9.00. The van der Waals surface area contributed by atoms with Crippen LogP contribution in [0.25, 0.3) is 6.08 Å². The number of halogens is 2. The van der Waals surface area contributed by atoms with Gasteiger partial charge >= 0.3 is 0 Å². The van der Waals surface area contributed by atoms with Crippen LogP contribution in [0.5, 0.6) is 5.75 Å². The zero-order valence-electron chi connectivity index (χ0n) is 10.6. The molecule has 21 heavy (non-hydrogen) atoms. The van der Waals surface area contributed by atoms with E-state index in [0.29, 0.717) is 4.91 Å². The molecule has 3 nitrogen and oxygen atoms in total. The Morgan fingerprint density at radius 3 is 2.52 bits per heavy atom. The first-order valence-electron chi connectivity index (χ1n) is 6.02. The number of amides is 1. The third-order valence-electron chi connectivity index (χ3n) is 2.92. The SMILES string of the molecule is O=C1Nc2ccccc2S/C1=C\c1cc(I)c(O)c(I)c1. The average molecular weight is 521 g/mol. The highest BCUT2D eigenvalue weighted by molar-refractivity contribution is 14.1. The Balaban J connectivity index is 1.99. The third kappa shape index (κ3) is 3.21. The Bertz CT molecular complexity index is 751. The summed E-state index contributed by atoms with van der Waals surface area (Å²) >= 11 is 5.63. The minimum atomic E-state index is -0.100. The molecule has 2 aromatic carbocycles. The number of carbonyl (C=O) groups is 1. The van der Waals surface area contributed by atoms with Crippen LogP contribution in [0.2, 0.25) is 0 Å². The molecule has 3 rings (SSSR count). The van der Waals surface area contributed by atoms with Gasteiger partial charge in [0.25, 0.3) is 5.91 Å². The maximum atomic E-state index is 12.1. The fraction of sp³-hybridized carbons (Fsp3) is 0. The van der Waals surface area contributed by atoms with Crippen LogP contribution < -0.4 is 5.32 Å². The van der Waals surface area contributed by atoms with Crippen molar-refractivity contribution in [3.05, 3.63) is 54.0 Å². The molecular formula is C15H9I2NO2S. The van der Waals surface area contributed by atoms with Crippen LogP contribution in [0.15, 0.2) is 46.2 Å². The molecule has 106 valence electrons. The van der Waals surface area contributed by atoms with Gasteiger partial charge in [-0.15, -0.1) is 0 Å². The summed E-state index contributed by atoms with van der Waals surface area (Å²) in [5.41, 5.74) is 1.75. The van der Waals surface area contributed by atoms with E-state index in [1.165, 1.54) is 11.8 Å². The van der Waals surface area contributed by atoms with Crippen LogP contribution in [0, 0.1) is 7.14 Å². The van der Waals surface area contributed by atoms with Crippen molar-refractivity contribution >= 4 is 74.6 Å². The largest absolute Gasteiger partial charge is 0.506 e. The summed E-state index contributed by atoms with van der Waals surface area (Å²) < 4.78 is 1.54. The van der Waals surface area contributed by atoms with Crippen molar-refractivity contribution < 1.29 is 9.90 Å². The number of anilines is 1. The van der Waals surface area contributed by atoms with Gasteiger partial charge in [0.2, 0.25) is 0 Å². The van der Waals surface area contributed by atoms with Gasteiger partial charge in [0.15, 0.2) is 0 Å². The minimum Gasteiger partial charge on any atom is -0.506 e. The third-order valence-corrected chi connectivity index (χ3v) is 5.66. The zero-order valence-corrected chi connectivity index (χ0v) is 15.7. The Hall–Kier alpha value is -0.740.